The summed E-state index contributed by atoms with van der Waals surface area (Å²) in [5.41, 5.74) is 3.95. The Hall–Kier alpha value is -2.46. The molecule has 32 heavy (non-hydrogen) atoms. The van der Waals surface area contributed by atoms with E-state index in [-0.39, 0.29) is 5.97 Å². The lowest BCUT2D eigenvalue weighted by atomic mass is 10.0. The second-order valence-electron chi connectivity index (χ2n) is 8.81. The van der Waals surface area contributed by atoms with Crippen LogP contribution in [0.2, 0.25) is 5.02 Å². The molecule has 4 nitrogen and oxygen atoms in total. The first-order valence-electron chi connectivity index (χ1n) is 11.5. The lowest BCUT2D eigenvalue weighted by Gasteiger charge is -2.24. The SMILES string of the molecule is CCOC(=O)C(C)(C)Oc1ccc2[nH]c(C)c(CCCCCCc3ccc(Cl)cc3)c2c1. The number of fused-ring (bicyclic) bond motifs is 1. The molecular formula is C27H34ClNO3. The minimum absolute atomic E-state index is 0.339. The lowest BCUT2D eigenvalue weighted by Crippen LogP contribution is -2.39. The van der Waals surface area contributed by atoms with Crippen molar-refractivity contribution in [1.29, 1.82) is 0 Å². The highest BCUT2D eigenvalue weighted by atomic mass is 35.5. The fraction of sp³-hybridized carbons (Fsp3) is 0.444. The van der Waals surface area contributed by atoms with Crippen molar-refractivity contribution in [3.8, 4) is 5.75 Å². The number of carbonyl (C=O) groups excluding carboxylic acids is 1. The van der Waals surface area contributed by atoms with Gasteiger partial charge < -0.3 is 14.5 Å². The molecule has 2 aromatic carbocycles. The molecule has 0 atom stereocenters. The molecule has 1 N–H and O–H groups in total. The number of H-pyrrole nitrogens is 1. The minimum Gasteiger partial charge on any atom is -0.476 e. The lowest BCUT2D eigenvalue weighted by molar-refractivity contribution is -0.158. The van der Waals surface area contributed by atoms with Gasteiger partial charge in [-0.1, -0.05) is 36.6 Å². The highest BCUT2D eigenvalue weighted by Gasteiger charge is 2.31. The molecule has 0 saturated carbocycles. The van der Waals surface area contributed by atoms with E-state index in [2.05, 4.69) is 24.0 Å². The average molecular weight is 456 g/mol. The predicted octanol–water partition coefficient (Wildman–Crippen LogP) is 7.20. The van der Waals surface area contributed by atoms with E-state index in [0.29, 0.717) is 12.4 Å². The van der Waals surface area contributed by atoms with Crippen molar-refractivity contribution in [1.82, 2.24) is 4.98 Å². The Morgan fingerprint density at radius 2 is 1.69 bits per heavy atom. The van der Waals surface area contributed by atoms with E-state index in [4.69, 9.17) is 21.1 Å². The van der Waals surface area contributed by atoms with E-state index >= 15 is 0 Å². The van der Waals surface area contributed by atoms with Crippen molar-refractivity contribution in [3.63, 3.8) is 0 Å². The number of aromatic nitrogens is 1. The van der Waals surface area contributed by atoms with Crippen LogP contribution in [-0.2, 0) is 22.4 Å². The molecule has 1 heterocycles. The van der Waals surface area contributed by atoms with Gasteiger partial charge >= 0.3 is 5.97 Å². The smallest absolute Gasteiger partial charge is 0.349 e. The van der Waals surface area contributed by atoms with E-state index < -0.39 is 5.60 Å². The number of halogens is 1. The number of aryl methyl sites for hydroxylation is 3. The summed E-state index contributed by atoms with van der Waals surface area (Å²) in [7, 11) is 0. The third-order valence-electron chi connectivity index (χ3n) is 5.79. The molecule has 3 aromatic rings. The Morgan fingerprint density at radius 1 is 1.00 bits per heavy atom. The number of nitrogens with one attached hydrogen (secondary N) is 1. The molecular weight excluding hydrogens is 422 g/mol. The van der Waals surface area contributed by atoms with Crippen LogP contribution in [0.5, 0.6) is 5.75 Å². The first-order chi connectivity index (χ1) is 15.3. The topological polar surface area (TPSA) is 51.3 Å². The zero-order valence-electron chi connectivity index (χ0n) is 19.6. The van der Waals surface area contributed by atoms with Gasteiger partial charge in [-0.25, -0.2) is 4.79 Å². The largest absolute Gasteiger partial charge is 0.476 e. The number of esters is 1. The number of unbranched alkanes of at least 4 members (excludes halogenated alkanes) is 3. The van der Waals surface area contributed by atoms with Gasteiger partial charge in [0, 0.05) is 21.6 Å². The minimum atomic E-state index is -1.03. The number of ether oxygens (including phenoxy) is 2. The zero-order chi connectivity index (χ0) is 23.1. The maximum Gasteiger partial charge on any atom is 0.349 e. The van der Waals surface area contributed by atoms with Crippen LogP contribution >= 0.6 is 11.6 Å². The van der Waals surface area contributed by atoms with Crippen LogP contribution in [0.15, 0.2) is 42.5 Å². The maximum atomic E-state index is 12.2. The van der Waals surface area contributed by atoms with Gasteiger partial charge in [-0.15, -0.1) is 0 Å². The van der Waals surface area contributed by atoms with Gasteiger partial charge in [-0.05, 0) is 94.8 Å². The Balaban J connectivity index is 1.56. The zero-order valence-corrected chi connectivity index (χ0v) is 20.3. The molecule has 3 rings (SSSR count). The van der Waals surface area contributed by atoms with Gasteiger partial charge in [0.2, 0.25) is 0 Å². The summed E-state index contributed by atoms with van der Waals surface area (Å²) in [4.78, 5) is 15.7. The van der Waals surface area contributed by atoms with Crippen LogP contribution in [0.1, 0.15) is 63.3 Å². The van der Waals surface area contributed by atoms with Gasteiger partial charge in [0.1, 0.15) is 5.75 Å². The van der Waals surface area contributed by atoms with Gasteiger partial charge in [0.25, 0.3) is 0 Å². The standard InChI is InChI=1S/C27H34ClNO3/c1-5-31-26(30)27(3,4)32-22-16-17-25-24(18-22)23(19(2)29-25)11-9-7-6-8-10-20-12-14-21(28)15-13-20/h12-18,29H,5-11H2,1-4H3. The van der Waals surface area contributed by atoms with E-state index in [1.807, 2.05) is 30.3 Å². The van der Waals surface area contributed by atoms with E-state index in [1.165, 1.54) is 41.5 Å². The number of hydrogen-bond donors (Lipinski definition) is 1. The summed E-state index contributed by atoms with van der Waals surface area (Å²) < 4.78 is 11.1. The number of aromatic amines is 1. The van der Waals surface area contributed by atoms with Crippen molar-refractivity contribution in [2.45, 2.75) is 71.8 Å². The Morgan fingerprint density at radius 3 is 2.38 bits per heavy atom. The third-order valence-corrected chi connectivity index (χ3v) is 6.04. The summed E-state index contributed by atoms with van der Waals surface area (Å²) in [6.45, 7) is 7.74. The second-order valence-corrected chi connectivity index (χ2v) is 9.25. The quantitative estimate of drug-likeness (QED) is 0.246. The number of hydrogen-bond acceptors (Lipinski definition) is 3. The van der Waals surface area contributed by atoms with Crippen molar-refractivity contribution in [2.75, 3.05) is 6.61 Å². The molecule has 5 heteroatoms. The highest BCUT2D eigenvalue weighted by Crippen LogP contribution is 2.30. The van der Waals surface area contributed by atoms with Crippen LogP contribution in [-0.4, -0.2) is 23.2 Å². The molecule has 0 amide bonds. The summed E-state index contributed by atoms with van der Waals surface area (Å²) in [5.74, 6) is 0.322. The fourth-order valence-corrected chi connectivity index (χ4v) is 4.15. The van der Waals surface area contributed by atoms with Gasteiger partial charge in [-0.3, -0.25) is 0 Å². The van der Waals surface area contributed by atoms with Crippen LogP contribution < -0.4 is 4.74 Å². The van der Waals surface area contributed by atoms with Gasteiger partial charge in [-0.2, -0.15) is 0 Å². The number of rotatable bonds is 11. The number of carbonyl (C=O) groups is 1. The normalized spacial score (nSPS) is 11.7. The number of benzene rings is 2. The molecule has 0 bridgehead atoms. The van der Waals surface area contributed by atoms with Crippen LogP contribution in [0, 0.1) is 6.92 Å². The Kier molecular flexibility index (Phi) is 8.25. The average Bonchev–Trinajstić information content (AvgIpc) is 3.06. The van der Waals surface area contributed by atoms with E-state index in [1.54, 1.807) is 20.8 Å². The first kappa shape index (κ1) is 24.2. The van der Waals surface area contributed by atoms with Crippen LogP contribution in [0.25, 0.3) is 10.9 Å². The molecule has 1 aromatic heterocycles. The summed E-state index contributed by atoms with van der Waals surface area (Å²) in [5, 5.41) is 1.96. The maximum absolute atomic E-state index is 12.2. The van der Waals surface area contributed by atoms with Crippen molar-refractivity contribution in [3.05, 3.63) is 64.3 Å². The molecule has 0 aliphatic carbocycles. The van der Waals surface area contributed by atoms with Gasteiger partial charge in [0.05, 0.1) is 6.61 Å². The molecule has 0 aliphatic rings. The van der Waals surface area contributed by atoms with E-state index in [0.717, 1.165) is 29.8 Å². The van der Waals surface area contributed by atoms with Crippen molar-refractivity contribution < 1.29 is 14.3 Å². The Bertz CT molecular complexity index is 1040. The first-order valence-corrected chi connectivity index (χ1v) is 11.9. The van der Waals surface area contributed by atoms with Gasteiger partial charge in [0.15, 0.2) is 5.60 Å². The van der Waals surface area contributed by atoms with Crippen LogP contribution in [0.3, 0.4) is 0 Å². The predicted molar refractivity (Wildman–Crippen MR) is 132 cm³/mol. The molecule has 0 saturated heterocycles. The molecule has 0 fully saturated rings. The Labute approximate surface area is 196 Å². The fourth-order valence-electron chi connectivity index (χ4n) is 4.02. The second kappa shape index (κ2) is 10.9. The molecule has 0 spiro atoms. The van der Waals surface area contributed by atoms with Crippen molar-refractivity contribution in [2.24, 2.45) is 0 Å². The third kappa shape index (κ3) is 6.29. The molecule has 0 radical (unpaired) electrons. The molecule has 0 unspecified atom stereocenters. The van der Waals surface area contributed by atoms with E-state index in [9.17, 15) is 4.79 Å². The molecule has 0 aliphatic heterocycles. The summed E-state index contributed by atoms with van der Waals surface area (Å²) >= 11 is 5.95. The highest BCUT2D eigenvalue weighted by molar-refractivity contribution is 6.30. The molecule has 172 valence electrons. The monoisotopic (exact) mass is 455 g/mol. The summed E-state index contributed by atoms with van der Waals surface area (Å²) in [6, 6.07) is 14.1. The van der Waals surface area contributed by atoms with Crippen LogP contribution in [0.4, 0.5) is 0 Å². The summed E-state index contributed by atoms with van der Waals surface area (Å²) in [6.07, 6.45) is 6.87. The van der Waals surface area contributed by atoms with Crippen molar-refractivity contribution >= 4 is 28.5 Å².